The molecule has 0 spiro atoms. The van der Waals surface area contributed by atoms with Crippen LogP contribution >= 0.6 is 11.3 Å². The second-order valence-corrected chi connectivity index (χ2v) is 6.33. The molecule has 5 nitrogen and oxygen atoms in total. The third-order valence-electron chi connectivity index (χ3n) is 3.90. The van der Waals surface area contributed by atoms with Crippen molar-refractivity contribution >= 4 is 27.1 Å². The zero-order valence-corrected chi connectivity index (χ0v) is 13.3. The van der Waals surface area contributed by atoms with E-state index in [1.54, 1.807) is 4.52 Å². The second-order valence-electron chi connectivity index (χ2n) is 5.37. The maximum Gasteiger partial charge on any atom is 0.235 e. The Balaban J connectivity index is 1.73. The SMILES string of the molecule is c1ccc(-c2nnc3sc(-c4nccc5ccccc45)nn23)cc1. The Labute approximate surface area is 141 Å². The van der Waals surface area contributed by atoms with Crippen molar-refractivity contribution in [3.05, 3.63) is 66.9 Å². The summed E-state index contributed by atoms with van der Waals surface area (Å²) in [7, 11) is 0. The first-order valence-corrected chi connectivity index (χ1v) is 8.33. The Morgan fingerprint density at radius 3 is 2.58 bits per heavy atom. The lowest BCUT2D eigenvalue weighted by Gasteiger charge is -2.01. The van der Waals surface area contributed by atoms with Gasteiger partial charge in [0, 0.05) is 17.1 Å². The maximum absolute atomic E-state index is 4.72. The zero-order valence-electron chi connectivity index (χ0n) is 12.5. The van der Waals surface area contributed by atoms with Gasteiger partial charge < -0.3 is 0 Å². The van der Waals surface area contributed by atoms with E-state index < -0.39 is 0 Å². The Bertz CT molecular complexity index is 1150. The molecule has 0 saturated carbocycles. The molecule has 114 valence electrons. The van der Waals surface area contributed by atoms with Gasteiger partial charge in [-0.25, -0.2) is 0 Å². The number of rotatable bonds is 2. The quantitative estimate of drug-likeness (QED) is 0.490. The van der Waals surface area contributed by atoms with Gasteiger partial charge in [-0.15, -0.1) is 10.2 Å². The van der Waals surface area contributed by atoms with Crippen LogP contribution in [0.25, 0.3) is 37.8 Å². The molecule has 5 aromatic rings. The van der Waals surface area contributed by atoms with Crippen LogP contribution in [0.15, 0.2) is 66.9 Å². The number of fused-ring (bicyclic) bond motifs is 2. The summed E-state index contributed by atoms with van der Waals surface area (Å²) in [5, 5.41) is 16.3. The highest BCUT2D eigenvalue weighted by atomic mass is 32.1. The minimum Gasteiger partial charge on any atom is -0.253 e. The predicted molar refractivity (Wildman–Crippen MR) is 94.8 cm³/mol. The first kappa shape index (κ1) is 13.3. The Kier molecular flexibility index (Phi) is 2.89. The summed E-state index contributed by atoms with van der Waals surface area (Å²) in [6.07, 6.45) is 1.82. The molecule has 0 saturated heterocycles. The molecular formula is C18H11N5S. The molecule has 0 aliphatic carbocycles. The highest BCUT2D eigenvalue weighted by Crippen LogP contribution is 2.31. The molecule has 0 unspecified atom stereocenters. The third kappa shape index (κ3) is 2.00. The van der Waals surface area contributed by atoms with Crippen LogP contribution in [0.5, 0.6) is 0 Å². The normalized spacial score (nSPS) is 11.3. The summed E-state index contributed by atoms with van der Waals surface area (Å²) in [5.41, 5.74) is 1.87. The molecule has 3 aromatic heterocycles. The molecular weight excluding hydrogens is 318 g/mol. The van der Waals surface area contributed by atoms with Gasteiger partial charge in [0.25, 0.3) is 0 Å². The summed E-state index contributed by atoms with van der Waals surface area (Å²) in [4.78, 5) is 5.30. The minimum atomic E-state index is 0.744. The van der Waals surface area contributed by atoms with E-state index in [4.69, 9.17) is 5.10 Å². The maximum atomic E-state index is 4.72. The van der Waals surface area contributed by atoms with Crippen molar-refractivity contribution in [3.8, 4) is 22.1 Å². The Morgan fingerprint density at radius 2 is 1.67 bits per heavy atom. The molecule has 0 N–H and O–H groups in total. The molecule has 0 aliphatic heterocycles. The van der Waals surface area contributed by atoms with E-state index >= 15 is 0 Å². The van der Waals surface area contributed by atoms with Gasteiger partial charge >= 0.3 is 0 Å². The number of benzene rings is 2. The first-order valence-electron chi connectivity index (χ1n) is 7.52. The van der Waals surface area contributed by atoms with Gasteiger partial charge in [0.1, 0.15) is 5.69 Å². The van der Waals surface area contributed by atoms with Crippen LogP contribution in [0.1, 0.15) is 0 Å². The van der Waals surface area contributed by atoms with Crippen LogP contribution in [0, 0.1) is 0 Å². The average Bonchev–Trinajstić information content (AvgIpc) is 3.22. The molecule has 0 radical (unpaired) electrons. The standard InChI is InChI=1S/C18H11N5S/c1-2-7-13(8-3-1)16-20-21-18-23(16)22-17(24-18)15-14-9-5-4-6-12(14)10-11-19-15/h1-11H. The van der Waals surface area contributed by atoms with Crippen LogP contribution in [-0.4, -0.2) is 24.8 Å². The number of hydrogen-bond donors (Lipinski definition) is 0. The van der Waals surface area contributed by atoms with Gasteiger partial charge in [0.15, 0.2) is 10.8 Å². The predicted octanol–water partition coefficient (Wildman–Crippen LogP) is 4.07. The summed E-state index contributed by atoms with van der Waals surface area (Å²) in [5.74, 6) is 0.744. The molecule has 3 heterocycles. The van der Waals surface area contributed by atoms with Gasteiger partial charge in [-0.3, -0.25) is 4.98 Å². The smallest absolute Gasteiger partial charge is 0.235 e. The van der Waals surface area contributed by atoms with E-state index in [9.17, 15) is 0 Å². The van der Waals surface area contributed by atoms with Crippen LogP contribution in [0.3, 0.4) is 0 Å². The van der Waals surface area contributed by atoms with Crippen molar-refractivity contribution < 1.29 is 0 Å². The first-order chi connectivity index (χ1) is 11.9. The number of hydrogen-bond acceptors (Lipinski definition) is 5. The average molecular weight is 329 g/mol. The highest BCUT2D eigenvalue weighted by Gasteiger charge is 2.16. The fraction of sp³-hybridized carbons (Fsp3) is 0. The van der Waals surface area contributed by atoms with Crippen molar-refractivity contribution in [3.63, 3.8) is 0 Å². The fourth-order valence-electron chi connectivity index (χ4n) is 2.77. The topological polar surface area (TPSA) is 56.0 Å². The Hall–Kier alpha value is -3.12. The van der Waals surface area contributed by atoms with Crippen molar-refractivity contribution in [1.29, 1.82) is 0 Å². The van der Waals surface area contributed by atoms with Crippen LogP contribution in [-0.2, 0) is 0 Å². The van der Waals surface area contributed by atoms with E-state index in [-0.39, 0.29) is 0 Å². The lowest BCUT2D eigenvalue weighted by Crippen LogP contribution is -1.92. The number of aromatic nitrogens is 5. The molecule has 0 fully saturated rings. The van der Waals surface area contributed by atoms with E-state index in [0.717, 1.165) is 37.8 Å². The minimum absolute atomic E-state index is 0.744. The third-order valence-corrected chi connectivity index (χ3v) is 4.80. The summed E-state index contributed by atoms with van der Waals surface area (Å²) in [6.45, 7) is 0. The highest BCUT2D eigenvalue weighted by molar-refractivity contribution is 7.19. The molecule has 2 aromatic carbocycles. The van der Waals surface area contributed by atoms with Crippen molar-refractivity contribution in [2.75, 3.05) is 0 Å². The van der Waals surface area contributed by atoms with Gasteiger partial charge in [-0.2, -0.15) is 9.61 Å². The summed E-state index contributed by atoms with van der Waals surface area (Å²) in [6, 6.07) is 20.2. The monoisotopic (exact) mass is 329 g/mol. The van der Waals surface area contributed by atoms with Gasteiger partial charge in [0.2, 0.25) is 4.96 Å². The van der Waals surface area contributed by atoms with Gasteiger partial charge in [-0.05, 0) is 11.5 Å². The van der Waals surface area contributed by atoms with Crippen molar-refractivity contribution in [2.24, 2.45) is 0 Å². The zero-order chi connectivity index (χ0) is 15.9. The van der Waals surface area contributed by atoms with Crippen LogP contribution < -0.4 is 0 Å². The van der Waals surface area contributed by atoms with Crippen molar-refractivity contribution in [2.45, 2.75) is 0 Å². The lowest BCUT2D eigenvalue weighted by atomic mass is 10.1. The molecule has 0 atom stereocenters. The molecule has 0 bridgehead atoms. The molecule has 5 rings (SSSR count). The van der Waals surface area contributed by atoms with Crippen molar-refractivity contribution in [1.82, 2.24) is 24.8 Å². The van der Waals surface area contributed by atoms with E-state index in [2.05, 4.69) is 27.3 Å². The lowest BCUT2D eigenvalue weighted by molar-refractivity contribution is 0.968. The molecule has 6 heteroatoms. The summed E-state index contributed by atoms with van der Waals surface area (Å²) >= 11 is 1.50. The number of pyridine rings is 1. The summed E-state index contributed by atoms with van der Waals surface area (Å²) < 4.78 is 1.79. The van der Waals surface area contributed by atoms with Crippen LogP contribution in [0.2, 0.25) is 0 Å². The van der Waals surface area contributed by atoms with Gasteiger partial charge in [0.05, 0.1) is 0 Å². The fourth-order valence-corrected chi connectivity index (χ4v) is 3.62. The van der Waals surface area contributed by atoms with Gasteiger partial charge in [-0.1, -0.05) is 65.9 Å². The molecule has 0 aliphatic rings. The molecule has 24 heavy (non-hydrogen) atoms. The van der Waals surface area contributed by atoms with E-state index in [1.165, 1.54) is 11.3 Å². The van der Waals surface area contributed by atoms with E-state index in [1.807, 2.05) is 54.7 Å². The second kappa shape index (κ2) is 5.21. The Morgan fingerprint density at radius 1 is 0.833 bits per heavy atom. The van der Waals surface area contributed by atoms with Crippen LogP contribution in [0.4, 0.5) is 0 Å². The molecule has 0 amide bonds. The number of nitrogens with zero attached hydrogens (tertiary/aromatic N) is 5. The van der Waals surface area contributed by atoms with E-state index in [0.29, 0.717) is 0 Å². The largest absolute Gasteiger partial charge is 0.253 e.